The van der Waals surface area contributed by atoms with E-state index >= 15 is 0 Å². The third-order valence-corrected chi connectivity index (χ3v) is 4.81. The van der Waals surface area contributed by atoms with Gasteiger partial charge in [-0.2, -0.15) is 0 Å². The highest BCUT2D eigenvalue weighted by molar-refractivity contribution is 6.30. The van der Waals surface area contributed by atoms with Crippen molar-refractivity contribution in [3.63, 3.8) is 0 Å². The van der Waals surface area contributed by atoms with Gasteiger partial charge in [0, 0.05) is 31.2 Å². The minimum absolute atomic E-state index is 0.0870. The van der Waals surface area contributed by atoms with Gasteiger partial charge in [0.2, 0.25) is 0 Å². The first-order chi connectivity index (χ1) is 12.8. The molecule has 1 atom stereocenters. The highest BCUT2D eigenvalue weighted by atomic mass is 35.5. The number of rotatable bonds is 3. The van der Waals surface area contributed by atoms with Gasteiger partial charge in [-0.15, -0.1) is 0 Å². The summed E-state index contributed by atoms with van der Waals surface area (Å²) in [6.07, 6.45) is -0.271. The summed E-state index contributed by atoms with van der Waals surface area (Å²) < 4.78 is 5.65. The molecule has 1 saturated heterocycles. The van der Waals surface area contributed by atoms with Gasteiger partial charge in [0.15, 0.2) is 0 Å². The van der Waals surface area contributed by atoms with Gasteiger partial charge in [0.1, 0.15) is 5.60 Å². The molecule has 4 nitrogen and oxygen atoms in total. The zero-order valence-electron chi connectivity index (χ0n) is 16.2. The van der Waals surface area contributed by atoms with E-state index in [4.69, 9.17) is 16.3 Å². The third-order valence-electron chi connectivity index (χ3n) is 4.57. The van der Waals surface area contributed by atoms with E-state index in [1.165, 1.54) is 5.56 Å². The Hall–Kier alpha value is -2.04. The average molecular weight is 387 g/mol. The molecule has 5 heteroatoms. The molecule has 2 aromatic carbocycles. The molecule has 27 heavy (non-hydrogen) atoms. The van der Waals surface area contributed by atoms with E-state index in [0.29, 0.717) is 11.6 Å². The molecule has 0 N–H and O–H groups in total. The van der Waals surface area contributed by atoms with E-state index in [0.717, 1.165) is 25.2 Å². The Labute approximate surface area is 166 Å². The van der Waals surface area contributed by atoms with E-state index in [1.54, 1.807) is 0 Å². The summed E-state index contributed by atoms with van der Waals surface area (Å²) in [7, 11) is 0. The van der Waals surface area contributed by atoms with Gasteiger partial charge in [0.25, 0.3) is 0 Å². The summed E-state index contributed by atoms with van der Waals surface area (Å²) in [5, 5.41) is 0.678. The summed E-state index contributed by atoms with van der Waals surface area (Å²) in [6.45, 7) is 8.72. The van der Waals surface area contributed by atoms with E-state index in [1.807, 2.05) is 56.0 Å². The van der Waals surface area contributed by atoms with Gasteiger partial charge in [-0.05, 0) is 44.0 Å². The molecule has 1 unspecified atom stereocenters. The summed E-state index contributed by atoms with van der Waals surface area (Å²) >= 11 is 6.22. The first-order valence-corrected chi connectivity index (χ1v) is 9.71. The monoisotopic (exact) mass is 386 g/mol. The fraction of sp³-hybridized carbons (Fsp3) is 0.409. The maximum absolute atomic E-state index is 12.8. The first-order valence-electron chi connectivity index (χ1n) is 9.33. The lowest BCUT2D eigenvalue weighted by Gasteiger charge is -2.42. The van der Waals surface area contributed by atoms with Crippen LogP contribution in [0.1, 0.15) is 37.9 Å². The number of halogens is 1. The van der Waals surface area contributed by atoms with Gasteiger partial charge in [-0.3, -0.25) is 9.80 Å². The molecule has 0 radical (unpaired) electrons. The van der Waals surface area contributed by atoms with Crippen LogP contribution in [0.2, 0.25) is 5.02 Å². The number of hydrogen-bond donors (Lipinski definition) is 0. The van der Waals surface area contributed by atoms with Crippen LogP contribution < -0.4 is 0 Å². The molecule has 0 spiro atoms. The SMILES string of the molecule is CC(C)(C)OC(=O)N1CCN(Cc2ccccc2)CC1c1cccc(Cl)c1. The van der Waals surface area contributed by atoms with Crippen LogP contribution in [0.3, 0.4) is 0 Å². The second-order valence-corrected chi connectivity index (χ2v) is 8.40. The van der Waals surface area contributed by atoms with Crippen molar-refractivity contribution in [1.82, 2.24) is 9.80 Å². The largest absolute Gasteiger partial charge is 0.444 e. The van der Waals surface area contributed by atoms with Crippen molar-refractivity contribution in [1.29, 1.82) is 0 Å². The van der Waals surface area contributed by atoms with Gasteiger partial charge >= 0.3 is 6.09 Å². The molecule has 1 aliphatic heterocycles. The Kier molecular flexibility index (Phi) is 6.08. The summed E-state index contributed by atoms with van der Waals surface area (Å²) in [5.41, 5.74) is 1.79. The molecular weight excluding hydrogens is 360 g/mol. The van der Waals surface area contributed by atoms with E-state index in [9.17, 15) is 4.79 Å². The van der Waals surface area contributed by atoms with Gasteiger partial charge in [-0.25, -0.2) is 4.79 Å². The second-order valence-electron chi connectivity index (χ2n) is 7.97. The minimum atomic E-state index is -0.517. The maximum atomic E-state index is 12.8. The van der Waals surface area contributed by atoms with Crippen LogP contribution in [0.15, 0.2) is 54.6 Å². The quantitative estimate of drug-likeness (QED) is 0.732. The normalized spacial score (nSPS) is 18.4. The third kappa shape index (κ3) is 5.47. The number of piperazine rings is 1. The Bertz CT molecular complexity index is 773. The van der Waals surface area contributed by atoms with Gasteiger partial charge < -0.3 is 4.74 Å². The van der Waals surface area contributed by atoms with Crippen LogP contribution in [-0.4, -0.2) is 41.1 Å². The Morgan fingerprint density at radius 1 is 1.11 bits per heavy atom. The number of amides is 1. The minimum Gasteiger partial charge on any atom is -0.444 e. The van der Waals surface area contributed by atoms with Gasteiger partial charge in [-0.1, -0.05) is 54.1 Å². The number of ether oxygens (including phenoxy) is 1. The summed E-state index contributed by atoms with van der Waals surface area (Å²) in [6, 6.07) is 18.1. The molecule has 144 valence electrons. The zero-order chi connectivity index (χ0) is 19.4. The summed E-state index contributed by atoms with van der Waals surface area (Å²) in [5.74, 6) is 0. The molecule has 3 rings (SSSR count). The lowest BCUT2D eigenvalue weighted by Crippen LogP contribution is -2.51. The zero-order valence-corrected chi connectivity index (χ0v) is 16.9. The molecule has 1 amide bonds. The molecular formula is C22H27ClN2O2. The van der Waals surface area contributed by atoms with Crippen LogP contribution in [-0.2, 0) is 11.3 Å². The summed E-state index contributed by atoms with van der Waals surface area (Å²) in [4.78, 5) is 17.0. The van der Waals surface area contributed by atoms with E-state index < -0.39 is 5.60 Å². The van der Waals surface area contributed by atoms with Crippen molar-refractivity contribution in [2.75, 3.05) is 19.6 Å². The Morgan fingerprint density at radius 2 is 1.85 bits per heavy atom. The van der Waals surface area contributed by atoms with E-state index in [2.05, 4.69) is 29.2 Å². The van der Waals surface area contributed by atoms with E-state index in [-0.39, 0.29) is 12.1 Å². The number of carbonyl (C=O) groups excluding carboxylic acids is 1. The first kappa shape index (κ1) is 19.7. The standard InChI is InChI=1S/C22H27ClN2O2/c1-22(2,3)27-21(26)25-13-12-24(15-17-8-5-4-6-9-17)16-20(25)18-10-7-11-19(23)14-18/h4-11,14,20H,12-13,15-16H2,1-3H3. The van der Waals surface area contributed by atoms with Gasteiger partial charge in [0.05, 0.1) is 6.04 Å². The van der Waals surface area contributed by atoms with Crippen LogP contribution in [0.4, 0.5) is 4.79 Å². The number of nitrogens with zero attached hydrogens (tertiary/aromatic N) is 2. The lowest BCUT2D eigenvalue weighted by atomic mass is 10.0. The number of carbonyl (C=O) groups is 1. The second kappa shape index (κ2) is 8.32. The number of hydrogen-bond acceptors (Lipinski definition) is 3. The topological polar surface area (TPSA) is 32.8 Å². The van der Waals surface area contributed by atoms with Crippen LogP contribution in [0.5, 0.6) is 0 Å². The fourth-order valence-corrected chi connectivity index (χ4v) is 3.56. The number of benzene rings is 2. The molecule has 0 aliphatic carbocycles. The maximum Gasteiger partial charge on any atom is 0.410 e. The van der Waals surface area contributed by atoms with Crippen molar-refractivity contribution in [3.8, 4) is 0 Å². The van der Waals surface area contributed by atoms with Crippen molar-refractivity contribution in [3.05, 3.63) is 70.7 Å². The Balaban J connectivity index is 1.81. The molecule has 2 aromatic rings. The predicted octanol–water partition coefficient (Wildman–Crippen LogP) is 5.13. The molecule has 1 aliphatic rings. The van der Waals surface area contributed by atoms with Crippen molar-refractivity contribution in [2.24, 2.45) is 0 Å². The van der Waals surface area contributed by atoms with Crippen molar-refractivity contribution >= 4 is 17.7 Å². The fourth-order valence-electron chi connectivity index (χ4n) is 3.36. The highest BCUT2D eigenvalue weighted by Gasteiger charge is 2.34. The van der Waals surface area contributed by atoms with Crippen LogP contribution >= 0.6 is 11.6 Å². The smallest absolute Gasteiger partial charge is 0.410 e. The Morgan fingerprint density at radius 3 is 2.52 bits per heavy atom. The van der Waals surface area contributed by atoms with Crippen LogP contribution in [0, 0.1) is 0 Å². The van der Waals surface area contributed by atoms with Crippen molar-refractivity contribution < 1.29 is 9.53 Å². The molecule has 1 heterocycles. The van der Waals surface area contributed by atoms with Crippen LogP contribution in [0.25, 0.3) is 0 Å². The molecule has 0 aromatic heterocycles. The lowest BCUT2D eigenvalue weighted by molar-refractivity contribution is -0.00298. The highest BCUT2D eigenvalue weighted by Crippen LogP contribution is 2.29. The average Bonchev–Trinajstić information content (AvgIpc) is 2.61. The molecule has 0 saturated carbocycles. The molecule has 0 bridgehead atoms. The predicted molar refractivity (Wildman–Crippen MR) is 109 cm³/mol. The molecule has 1 fully saturated rings. The van der Waals surface area contributed by atoms with Crippen molar-refractivity contribution in [2.45, 2.75) is 39.0 Å².